The van der Waals surface area contributed by atoms with Gasteiger partial charge in [0.1, 0.15) is 5.82 Å². The van der Waals surface area contributed by atoms with Crippen LogP contribution in [0.5, 0.6) is 0 Å². The third kappa shape index (κ3) is 6.76. The van der Waals surface area contributed by atoms with Crippen molar-refractivity contribution >= 4 is 23.7 Å². The van der Waals surface area contributed by atoms with E-state index in [2.05, 4.69) is 48.5 Å². The van der Waals surface area contributed by atoms with Crippen molar-refractivity contribution < 1.29 is 0 Å². The van der Waals surface area contributed by atoms with Gasteiger partial charge >= 0.3 is 0 Å². The largest absolute Gasteiger partial charge is 0.368 e. The number of aromatic nitrogens is 3. The van der Waals surface area contributed by atoms with Crippen molar-refractivity contribution in [2.45, 2.75) is 46.0 Å². The van der Waals surface area contributed by atoms with Gasteiger partial charge in [-0.05, 0) is 25.0 Å². The number of rotatable bonds is 4. The van der Waals surface area contributed by atoms with Gasteiger partial charge in [0.05, 0.1) is 17.6 Å². The number of nitrogens with zero attached hydrogens (tertiary/aromatic N) is 5. The Morgan fingerprint density at radius 1 is 1.10 bits per heavy atom. The van der Waals surface area contributed by atoms with Crippen molar-refractivity contribution in [2.75, 3.05) is 43.4 Å². The fourth-order valence-corrected chi connectivity index (χ4v) is 3.79. The molecule has 2 aromatic heterocycles. The third-order valence-electron chi connectivity index (χ3n) is 5.65. The highest BCUT2D eigenvalue weighted by Crippen LogP contribution is 2.22. The van der Waals surface area contributed by atoms with E-state index in [1.807, 2.05) is 19.2 Å². The normalized spacial score (nSPS) is 17.5. The number of aryl methyl sites for hydroxylation is 1. The minimum absolute atomic E-state index is 0.540. The van der Waals surface area contributed by atoms with Gasteiger partial charge in [0.25, 0.3) is 0 Å². The van der Waals surface area contributed by atoms with Crippen molar-refractivity contribution in [1.29, 1.82) is 0 Å². The van der Waals surface area contributed by atoms with E-state index in [9.17, 15) is 0 Å². The van der Waals surface area contributed by atoms with Crippen LogP contribution in [-0.2, 0) is 0 Å². The van der Waals surface area contributed by atoms with E-state index < -0.39 is 0 Å². The Balaban J connectivity index is 0.000000310. The van der Waals surface area contributed by atoms with Crippen LogP contribution in [0.4, 0.5) is 17.5 Å². The van der Waals surface area contributed by atoms with Crippen LogP contribution < -0.4 is 15.5 Å². The van der Waals surface area contributed by atoms with Crippen LogP contribution in [0.25, 0.3) is 0 Å². The second-order valence-corrected chi connectivity index (χ2v) is 8.13. The summed E-state index contributed by atoms with van der Waals surface area (Å²) < 4.78 is 0. The lowest BCUT2D eigenvalue weighted by Gasteiger charge is -2.29. The molecule has 7 heteroatoms. The molecule has 2 fully saturated rings. The lowest BCUT2D eigenvalue weighted by atomic mass is 9.91. The standard InChI is InChI=1S/C16H21N7.C7H14/c1-12-13(9-17-2)10-20-16(21-12)22-15-4-3-14(11-19-15)23-7-5-18-6-8-23;1-7-5-3-2-4-6-7/h3-4,9-11,18H,5-8H2,1-2H3,(H,19,20,21,22);7H,2-6H2,1H3. The van der Waals surface area contributed by atoms with Crippen LogP contribution in [0.3, 0.4) is 0 Å². The number of nitrogens with one attached hydrogen (secondary N) is 2. The summed E-state index contributed by atoms with van der Waals surface area (Å²) in [4.78, 5) is 19.5. The van der Waals surface area contributed by atoms with Crippen LogP contribution in [-0.4, -0.2) is 54.4 Å². The molecule has 1 saturated carbocycles. The maximum Gasteiger partial charge on any atom is 0.228 e. The highest BCUT2D eigenvalue weighted by Gasteiger charge is 2.11. The molecule has 1 saturated heterocycles. The average Bonchev–Trinajstić information content (AvgIpc) is 2.78. The number of hydrogen-bond acceptors (Lipinski definition) is 7. The first kappa shape index (κ1) is 22.2. The molecule has 1 aliphatic heterocycles. The Hall–Kier alpha value is -2.54. The highest BCUT2D eigenvalue weighted by molar-refractivity contribution is 5.80. The first-order chi connectivity index (χ1) is 14.7. The van der Waals surface area contributed by atoms with E-state index in [1.54, 1.807) is 19.5 Å². The SMILES string of the molecule is CC1CCCCC1.CN=Cc1cnc(Nc2ccc(N3CCNCC3)cn2)nc1C. The predicted molar refractivity (Wildman–Crippen MR) is 125 cm³/mol. The van der Waals surface area contributed by atoms with Gasteiger partial charge in [-0.25, -0.2) is 15.0 Å². The molecule has 0 unspecified atom stereocenters. The second-order valence-electron chi connectivity index (χ2n) is 8.13. The fourth-order valence-electron chi connectivity index (χ4n) is 3.79. The van der Waals surface area contributed by atoms with Crippen molar-refractivity contribution in [2.24, 2.45) is 10.9 Å². The van der Waals surface area contributed by atoms with Gasteiger partial charge in [-0.1, -0.05) is 39.0 Å². The molecule has 3 heterocycles. The van der Waals surface area contributed by atoms with Gasteiger partial charge < -0.3 is 15.5 Å². The van der Waals surface area contributed by atoms with Gasteiger partial charge in [-0.2, -0.15) is 0 Å². The van der Waals surface area contributed by atoms with Gasteiger partial charge in [-0.3, -0.25) is 4.99 Å². The van der Waals surface area contributed by atoms with Crippen LogP contribution in [0.15, 0.2) is 29.5 Å². The molecule has 7 nitrogen and oxygen atoms in total. The highest BCUT2D eigenvalue weighted by atomic mass is 15.2. The minimum atomic E-state index is 0.540. The molecular formula is C23H35N7. The summed E-state index contributed by atoms with van der Waals surface area (Å²) in [5.41, 5.74) is 2.94. The first-order valence-corrected chi connectivity index (χ1v) is 11.1. The zero-order valence-corrected chi connectivity index (χ0v) is 18.6. The Labute approximate surface area is 180 Å². The van der Waals surface area contributed by atoms with E-state index >= 15 is 0 Å². The smallest absolute Gasteiger partial charge is 0.228 e. The average molecular weight is 410 g/mol. The molecule has 162 valence electrons. The monoisotopic (exact) mass is 409 g/mol. The van der Waals surface area contributed by atoms with Crippen molar-refractivity contribution in [1.82, 2.24) is 20.3 Å². The quantitative estimate of drug-likeness (QED) is 0.744. The topological polar surface area (TPSA) is 78.3 Å². The van der Waals surface area contributed by atoms with E-state index in [-0.39, 0.29) is 0 Å². The zero-order chi connectivity index (χ0) is 21.2. The molecule has 0 amide bonds. The molecule has 30 heavy (non-hydrogen) atoms. The number of hydrogen-bond donors (Lipinski definition) is 2. The molecule has 0 aromatic carbocycles. The summed E-state index contributed by atoms with van der Waals surface area (Å²) in [6.07, 6.45) is 12.8. The maximum atomic E-state index is 4.46. The van der Waals surface area contributed by atoms with Crippen LogP contribution in [0, 0.1) is 12.8 Å². The molecule has 0 spiro atoms. The number of piperazine rings is 1. The number of anilines is 3. The second kappa shape index (κ2) is 11.6. The Morgan fingerprint density at radius 2 is 1.87 bits per heavy atom. The van der Waals surface area contributed by atoms with Crippen LogP contribution >= 0.6 is 0 Å². The summed E-state index contributed by atoms with van der Waals surface area (Å²) in [5.74, 6) is 2.31. The number of pyridine rings is 1. The Bertz CT molecular complexity index is 792. The summed E-state index contributed by atoms with van der Waals surface area (Å²) in [6, 6.07) is 4.03. The molecule has 4 rings (SSSR count). The van der Waals surface area contributed by atoms with Crippen LogP contribution in [0.2, 0.25) is 0 Å². The van der Waals surface area contributed by atoms with Crippen molar-refractivity contribution in [3.63, 3.8) is 0 Å². The summed E-state index contributed by atoms with van der Waals surface area (Å²) >= 11 is 0. The van der Waals surface area contributed by atoms with Gasteiger partial charge in [0.2, 0.25) is 5.95 Å². The fraction of sp³-hybridized carbons (Fsp3) is 0.565. The third-order valence-corrected chi connectivity index (χ3v) is 5.65. The number of aliphatic imine (C=N–C) groups is 1. The Morgan fingerprint density at radius 3 is 2.43 bits per heavy atom. The zero-order valence-electron chi connectivity index (χ0n) is 18.6. The predicted octanol–water partition coefficient (Wildman–Crippen LogP) is 3.97. The van der Waals surface area contributed by atoms with Crippen LogP contribution in [0.1, 0.15) is 50.3 Å². The minimum Gasteiger partial charge on any atom is -0.368 e. The summed E-state index contributed by atoms with van der Waals surface area (Å²) in [7, 11) is 1.73. The van der Waals surface area contributed by atoms with Gasteiger partial charge in [-0.15, -0.1) is 0 Å². The van der Waals surface area contributed by atoms with Crippen molar-refractivity contribution in [3.05, 3.63) is 35.8 Å². The maximum absolute atomic E-state index is 4.46. The molecule has 1 aliphatic carbocycles. The molecule has 0 radical (unpaired) electrons. The van der Waals surface area contributed by atoms with E-state index in [4.69, 9.17) is 0 Å². The van der Waals surface area contributed by atoms with Gasteiger partial charge in [0.15, 0.2) is 0 Å². The summed E-state index contributed by atoms with van der Waals surface area (Å²) in [6.45, 7) is 8.35. The van der Waals surface area contributed by atoms with E-state index in [0.29, 0.717) is 5.95 Å². The molecule has 0 bridgehead atoms. The van der Waals surface area contributed by atoms with Gasteiger partial charge in [0, 0.05) is 51.2 Å². The lowest BCUT2D eigenvalue weighted by Crippen LogP contribution is -2.43. The molecule has 2 aromatic rings. The molecule has 2 N–H and O–H groups in total. The molecular weight excluding hydrogens is 374 g/mol. The van der Waals surface area contributed by atoms with E-state index in [0.717, 1.165) is 54.9 Å². The van der Waals surface area contributed by atoms with E-state index in [1.165, 1.54) is 32.1 Å². The lowest BCUT2D eigenvalue weighted by molar-refractivity contribution is 0.385. The van der Waals surface area contributed by atoms with Crippen molar-refractivity contribution in [3.8, 4) is 0 Å². The Kier molecular flexibility index (Phi) is 8.56. The summed E-state index contributed by atoms with van der Waals surface area (Å²) in [5, 5.41) is 6.48. The molecule has 2 aliphatic rings. The molecule has 0 atom stereocenters. The first-order valence-electron chi connectivity index (χ1n) is 11.1.